The molecule has 2 rings (SSSR count). The van der Waals surface area contributed by atoms with Gasteiger partial charge in [0.25, 0.3) is 5.91 Å². The summed E-state index contributed by atoms with van der Waals surface area (Å²) < 4.78 is 5.53. The van der Waals surface area contributed by atoms with Crippen molar-refractivity contribution in [1.29, 1.82) is 0 Å². The zero-order chi connectivity index (χ0) is 16.3. The highest BCUT2D eigenvalue weighted by molar-refractivity contribution is 6.36. The number of carbonyl (C=O) groups excluding carboxylic acids is 1. The van der Waals surface area contributed by atoms with Crippen LogP contribution in [0.2, 0.25) is 20.1 Å². The van der Waals surface area contributed by atoms with Crippen molar-refractivity contribution in [3.05, 3.63) is 56.5 Å². The van der Waals surface area contributed by atoms with Crippen molar-refractivity contribution in [2.24, 2.45) is 0 Å². The Balaban J connectivity index is 2.07. The number of hydrogen-bond donors (Lipinski definition) is 1. The zero-order valence-corrected chi connectivity index (χ0v) is 14.4. The Morgan fingerprint density at radius 2 is 1.64 bits per heavy atom. The molecule has 0 heterocycles. The van der Waals surface area contributed by atoms with Gasteiger partial charge in [-0.15, -0.1) is 0 Å². The molecule has 0 bridgehead atoms. The lowest BCUT2D eigenvalue weighted by Crippen LogP contribution is -2.30. The number of amides is 1. The summed E-state index contributed by atoms with van der Waals surface area (Å²) in [4.78, 5) is 12.2. The fourth-order valence-electron chi connectivity index (χ4n) is 1.64. The summed E-state index contributed by atoms with van der Waals surface area (Å²) in [6.45, 7) is 1.60. The first kappa shape index (κ1) is 17.2. The van der Waals surface area contributed by atoms with Crippen LogP contribution in [0.1, 0.15) is 6.92 Å². The fraction of sp³-hybridized carbons (Fsp3) is 0.133. The monoisotopic (exact) mass is 377 g/mol. The average Bonchev–Trinajstić information content (AvgIpc) is 2.45. The Kier molecular flexibility index (Phi) is 5.81. The van der Waals surface area contributed by atoms with E-state index in [0.717, 1.165) is 0 Å². The standard InChI is InChI=1S/C15H11Cl4NO2/c1-8(22-14-5-3-9(16)6-12(14)19)15(21)20-13-7-10(17)2-4-11(13)18/h2-8H,1H3,(H,20,21)/t8-/m0/s1. The maximum atomic E-state index is 12.2. The maximum absolute atomic E-state index is 12.2. The van der Waals surface area contributed by atoms with E-state index in [2.05, 4.69) is 5.32 Å². The second-order valence-corrected chi connectivity index (χ2v) is 6.14. The van der Waals surface area contributed by atoms with Gasteiger partial charge in [-0.1, -0.05) is 46.4 Å². The Morgan fingerprint density at radius 3 is 2.32 bits per heavy atom. The van der Waals surface area contributed by atoms with E-state index in [9.17, 15) is 4.79 Å². The third-order valence-corrected chi connectivity index (χ3v) is 3.85. The number of benzene rings is 2. The predicted molar refractivity (Wildman–Crippen MR) is 91.6 cm³/mol. The van der Waals surface area contributed by atoms with E-state index in [1.807, 2.05) is 0 Å². The molecule has 3 nitrogen and oxygen atoms in total. The summed E-state index contributed by atoms with van der Waals surface area (Å²) in [5, 5.41) is 4.32. The molecule has 116 valence electrons. The van der Waals surface area contributed by atoms with Crippen molar-refractivity contribution >= 4 is 58.0 Å². The van der Waals surface area contributed by atoms with E-state index >= 15 is 0 Å². The van der Waals surface area contributed by atoms with Gasteiger partial charge >= 0.3 is 0 Å². The highest BCUT2D eigenvalue weighted by Gasteiger charge is 2.17. The lowest BCUT2D eigenvalue weighted by molar-refractivity contribution is -0.122. The van der Waals surface area contributed by atoms with E-state index in [1.165, 1.54) is 6.07 Å². The van der Waals surface area contributed by atoms with E-state index in [-0.39, 0.29) is 5.91 Å². The van der Waals surface area contributed by atoms with E-state index in [4.69, 9.17) is 51.1 Å². The van der Waals surface area contributed by atoms with Gasteiger partial charge in [-0.3, -0.25) is 4.79 Å². The van der Waals surface area contributed by atoms with Gasteiger partial charge in [-0.25, -0.2) is 0 Å². The van der Waals surface area contributed by atoms with Crippen LogP contribution < -0.4 is 10.1 Å². The molecule has 0 aliphatic carbocycles. The predicted octanol–water partition coefficient (Wildman–Crippen LogP) is 5.71. The van der Waals surface area contributed by atoms with Crippen molar-refractivity contribution in [3.8, 4) is 5.75 Å². The molecule has 2 aromatic rings. The molecule has 0 spiro atoms. The number of carbonyl (C=O) groups is 1. The highest BCUT2D eigenvalue weighted by Crippen LogP contribution is 2.29. The summed E-state index contributed by atoms with van der Waals surface area (Å²) >= 11 is 23.7. The van der Waals surface area contributed by atoms with Gasteiger partial charge in [-0.05, 0) is 43.3 Å². The van der Waals surface area contributed by atoms with Gasteiger partial charge in [-0.2, -0.15) is 0 Å². The van der Waals surface area contributed by atoms with Crippen LogP contribution in [0, 0.1) is 0 Å². The minimum Gasteiger partial charge on any atom is -0.479 e. The average molecular weight is 379 g/mol. The molecule has 1 amide bonds. The van der Waals surface area contributed by atoms with Gasteiger partial charge in [0.1, 0.15) is 5.75 Å². The number of nitrogens with one attached hydrogen (secondary N) is 1. The zero-order valence-electron chi connectivity index (χ0n) is 11.4. The molecule has 0 saturated heterocycles. The SMILES string of the molecule is C[C@H](Oc1ccc(Cl)cc1Cl)C(=O)Nc1cc(Cl)ccc1Cl. The summed E-state index contributed by atoms with van der Waals surface area (Å²) in [5.41, 5.74) is 0.414. The van der Waals surface area contributed by atoms with E-state index in [1.54, 1.807) is 37.3 Å². The van der Waals surface area contributed by atoms with Gasteiger partial charge < -0.3 is 10.1 Å². The van der Waals surface area contributed by atoms with Crippen molar-refractivity contribution in [2.45, 2.75) is 13.0 Å². The number of anilines is 1. The summed E-state index contributed by atoms with van der Waals surface area (Å²) in [7, 11) is 0. The van der Waals surface area contributed by atoms with Crippen molar-refractivity contribution < 1.29 is 9.53 Å². The van der Waals surface area contributed by atoms with Crippen molar-refractivity contribution in [3.63, 3.8) is 0 Å². The molecule has 1 atom stereocenters. The second-order valence-electron chi connectivity index (χ2n) is 4.45. The first-order chi connectivity index (χ1) is 10.4. The molecule has 7 heteroatoms. The molecule has 0 radical (unpaired) electrons. The Hall–Kier alpha value is -1.13. The largest absolute Gasteiger partial charge is 0.479 e. The molecule has 22 heavy (non-hydrogen) atoms. The van der Waals surface area contributed by atoms with Crippen molar-refractivity contribution in [2.75, 3.05) is 5.32 Å². The van der Waals surface area contributed by atoms with Gasteiger partial charge in [0.05, 0.1) is 15.7 Å². The first-order valence-corrected chi connectivity index (χ1v) is 7.75. The Bertz CT molecular complexity index is 706. The van der Waals surface area contributed by atoms with Crippen LogP contribution in [0.5, 0.6) is 5.75 Å². The van der Waals surface area contributed by atoms with Crippen molar-refractivity contribution in [1.82, 2.24) is 0 Å². The normalized spacial score (nSPS) is 11.9. The van der Waals surface area contributed by atoms with Crippen LogP contribution in [0.25, 0.3) is 0 Å². The second kappa shape index (κ2) is 7.42. The maximum Gasteiger partial charge on any atom is 0.265 e. The number of rotatable bonds is 4. The molecule has 0 aromatic heterocycles. The van der Waals surface area contributed by atoms with Crippen LogP contribution in [0.15, 0.2) is 36.4 Å². The minimum atomic E-state index is -0.784. The summed E-state index contributed by atoms with van der Waals surface area (Å²) in [6.07, 6.45) is -0.784. The van der Waals surface area contributed by atoms with Crippen LogP contribution in [0.3, 0.4) is 0 Å². The molecule has 0 saturated carbocycles. The third-order valence-electron chi connectivity index (χ3n) is 2.75. The summed E-state index contributed by atoms with van der Waals surface area (Å²) in [5.74, 6) is -0.0129. The first-order valence-electron chi connectivity index (χ1n) is 6.24. The molecule has 0 unspecified atom stereocenters. The fourth-order valence-corrected chi connectivity index (χ4v) is 2.43. The molecular formula is C15H11Cl4NO2. The lowest BCUT2D eigenvalue weighted by Gasteiger charge is -2.16. The van der Waals surface area contributed by atoms with Crippen LogP contribution in [-0.4, -0.2) is 12.0 Å². The minimum absolute atomic E-state index is 0.327. The number of hydrogen-bond acceptors (Lipinski definition) is 2. The highest BCUT2D eigenvalue weighted by atomic mass is 35.5. The molecule has 0 aliphatic rings. The summed E-state index contributed by atoms with van der Waals surface area (Å²) in [6, 6.07) is 9.55. The van der Waals surface area contributed by atoms with Gasteiger partial charge in [0.2, 0.25) is 0 Å². The van der Waals surface area contributed by atoms with Crippen LogP contribution >= 0.6 is 46.4 Å². The van der Waals surface area contributed by atoms with Gasteiger partial charge in [0, 0.05) is 10.0 Å². The molecule has 2 aromatic carbocycles. The lowest BCUT2D eigenvalue weighted by atomic mass is 10.3. The van der Waals surface area contributed by atoms with E-state index < -0.39 is 6.10 Å². The van der Waals surface area contributed by atoms with Crippen LogP contribution in [0.4, 0.5) is 5.69 Å². The third kappa shape index (κ3) is 4.43. The van der Waals surface area contributed by atoms with Crippen LogP contribution in [-0.2, 0) is 4.79 Å². The van der Waals surface area contributed by atoms with E-state index in [0.29, 0.717) is 31.5 Å². The smallest absolute Gasteiger partial charge is 0.265 e. The number of halogens is 4. The quantitative estimate of drug-likeness (QED) is 0.740. The topological polar surface area (TPSA) is 38.3 Å². The molecule has 1 N–H and O–H groups in total. The number of ether oxygens (including phenoxy) is 1. The Morgan fingerprint density at radius 1 is 1.00 bits per heavy atom. The molecule has 0 aliphatic heterocycles. The molecular weight excluding hydrogens is 368 g/mol. The molecule has 0 fully saturated rings. The Labute approximate surface area is 148 Å². The van der Waals surface area contributed by atoms with Gasteiger partial charge in [0.15, 0.2) is 6.10 Å².